The molecule has 5 heteroatoms. The molecule has 3 heterocycles. The van der Waals surface area contributed by atoms with Crippen molar-refractivity contribution in [3.63, 3.8) is 0 Å². The Morgan fingerprint density at radius 1 is 0.929 bits per heavy atom. The average molecular weight is 370 g/mol. The topological polar surface area (TPSA) is 81.8 Å². The molecular formula is C23H22N4O. The first-order valence-corrected chi connectivity index (χ1v) is 9.07. The Hall–Kier alpha value is -3.60. The van der Waals surface area contributed by atoms with Gasteiger partial charge in [0.25, 0.3) is 0 Å². The van der Waals surface area contributed by atoms with Gasteiger partial charge in [-0.1, -0.05) is 44.2 Å². The fourth-order valence-electron chi connectivity index (χ4n) is 2.82. The molecule has 0 saturated carbocycles. The standard InChI is InChI=1S/C17H16N2.C6H6N2O/c1-12(2)15-11-14-9-6-10-18-17(14)19-16(15)13-7-4-3-5-8-13;7-6-5(4-9)2-1-3-8-6/h3-12H,1-2H3;1-4H,(H2,7,8). The van der Waals surface area contributed by atoms with Crippen LogP contribution in [0.5, 0.6) is 0 Å². The summed E-state index contributed by atoms with van der Waals surface area (Å²) in [6.45, 7) is 4.40. The molecule has 0 aliphatic rings. The molecule has 28 heavy (non-hydrogen) atoms. The largest absolute Gasteiger partial charge is 0.383 e. The van der Waals surface area contributed by atoms with Crippen LogP contribution in [0.15, 0.2) is 73.1 Å². The number of carbonyl (C=O) groups is 1. The lowest BCUT2D eigenvalue weighted by Crippen LogP contribution is -1.97. The number of nitrogen functional groups attached to an aromatic ring is 1. The predicted octanol–water partition coefficient (Wildman–Crippen LogP) is 4.90. The number of fused-ring (bicyclic) bond motifs is 1. The van der Waals surface area contributed by atoms with Gasteiger partial charge in [0.1, 0.15) is 5.82 Å². The summed E-state index contributed by atoms with van der Waals surface area (Å²) in [5.74, 6) is 0.722. The van der Waals surface area contributed by atoms with Gasteiger partial charge in [0.15, 0.2) is 11.9 Å². The number of pyridine rings is 3. The smallest absolute Gasteiger partial charge is 0.159 e. The van der Waals surface area contributed by atoms with E-state index in [2.05, 4.69) is 48.1 Å². The van der Waals surface area contributed by atoms with Crippen LogP contribution in [0, 0.1) is 0 Å². The molecule has 2 N–H and O–H groups in total. The zero-order valence-corrected chi connectivity index (χ0v) is 15.9. The van der Waals surface area contributed by atoms with E-state index in [9.17, 15) is 4.79 Å². The summed E-state index contributed by atoms with van der Waals surface area (Å²) in [5, 5.41) is 1.10. The second kappa shape index (κ2) is 8.86. The summed E-state index contributed by atoms with van der Waals surface area (Å²) in [4.78, 5) is 22.9. The van der Waals surface area contributed by atoms with Crippen molar-refractivity contribution in [2.45, 2.75) is 19.8 Å². The number of hydrogen-bond acceptors (Lipinski definition) is 5. The number of aromatic nitrogens is 3. The molecule has 0 unspecified atom stereocenters. The molecule has 0 aliphatic carbocycles. The minimum Gasteiger partial charge on any atom is -0.383 e. The van der Waals surface area contributed by atoms with E-state index in [1.54, 1.807) is 24.5 Å². The Bertz CT molecular complexity index is 1080. The van der Waals surface area contributed by atoms with Gasteiger partial charge in [0.05, 0.1) is 11.3 Å². The molecule has 3 aromatic heterocycles. The van der Waals surface area contributed by atoms with E-state index < -0.39 is 0 Å². The molecular weight excluding hydrogens is 348 g/mol. The number of benzene rings is 1. The highest BCUT2D eigenvalue weighted by atomic mass is 16.1. The van der Waals surface area contributed by atoms with Gasteiger partial charge < -0.3 is 5.73 Å². The Morgan fingerprint density at radius 2 is 1.64 bits per heavy atom. The van der Waals surface area contributed by atoms with Crippen LogP contribution >= 0.6 is 0 Å². The second-order valence-electron chi connectivity index (χ2n) is 6.59. The molecule has 0 bridgehead atoms. The number of nitrogens with two attached hydrogens (primary N) is 1. The lowest BCUT2D eigenvalue weighted by Gasteiger charge is -2.13. The van der Waals surface area contributed by atoms with Crippen molar-refractivity contribution in [3.05, 3.63) is 84.2 Å². The third kappa shape index (κ3) is 4.38. The van der Waals surface area contributed by atoms with Gasteiger partial charge in [-0.2, -0.15) is 0 Å². The van der Waals surface area contributed by atoms with Crippen LogP contribution in [-0.2, 0) is 0 Å². The van der Waals surface area contributed by atoms with Crippen molar-refractivity contribution in [1.29, 1.82) is 0 Å². The summed E-state index contributed by atoms with van der Waals surface area (Å²) in [6, 6.07) is 19.8. The molecule has 0 spiro atoms. The summed E-state index contributed by atoms with van der Waals surface area (Å²) in [7, 11) is 0. The molecule has 0 aliphatic heterocycles. The molecule has 0 atom stereocenters. The normalized spacial score (nSPS) is 10.4. The van der Waals surface area contributed by atoms with Gasteiger partial charge in [0, 0.05) is 23.3 Å². The molecule has 0 fully saturated rings. The van der Waals surface area contributed by atoms with Crippen LogP contribution in [-0.4, -0.2) is 21.2 Å². The molecule has 4 aromatic rings. The fourth-order valence-corrected chi connectivity index (χ4v) is 2.82. The Labute approximate surface area is 164 Å². The first-order valence-electron chi connectivity index (χ1n) is 9.07. The van der Waals surface area contributed by atoms with Crippen LogP contribution < -0.4 is 5.73 Å². The van der Waals surface area contributed by atoms with Crippen molar-refractivity contribution in [1.82, 2.24) is 15.0 Å². The third-order valence-electron chi connectivity index (χ3n) is 4.29. The van der Waals surface area contributed by atoms with Crippen molar-refractivity contribution in [2.24, 2.45) is 0 Å². The van der Waals surface area contributed by atoms with Crippen LogP contribution in [0.4, 0.5) is 5.82 Å². The number of hydrogen-bond donors (Lipinski definition) is 1. The van der Waals surface area contributed by atoms with Gasteiger partial charge in [-0.15, -0.1) is 0 Å². The Morgan fingerprint density at radius 3 is 2.29 bits per heavy atom. The van der Waals surface area contributed by atoms with E-state index in [4.69, 9.17) is 10.7 Å². The predicted molar refractivity (Wildman–Crippen MR) is 113 cm³/mol. The van der Waals surface area contributed by atoms with Gasteiger partial charge in [-0.25, -0.2) is 15.0 Å². The molecule has 5 nitrogen and oxygen atoms in total. The van der Waals surface area contributed by atoms with Gasteiger partial charge in [0.2, 0.25) is 0 Å². The van der Waals surface area contributed by atoms with E-state index >= 15 is 0 Å². The highest BCUT2D eigenvalue weighted by Gasteiger charge is 2.12. The number of carbonyl (C=O) groups excluding carboxylic acids is 1. The quantitative estimate of drug-likeness (QED) is 0.519. The first-order chi connectivity index (χ1) is 13.6. The Balaban J connectivity index is 0.000000211. The van der Waals surface area contributed by atoms with Gasteiger partial charge >= 0.3 is 0 Å². The van der Waals surface area contributed by atoms with Crippen LogP contribution in [0.25, 0.3) is 22.3 Å². The van der Waals surface area contributed by atoms with E-state index in [1.807, 2.05) is 24.3 Å². The summed E-state index contributed by atoms with van der Waals surface area (Å²) >= 11 is 0. The van der Waals surface area contributed by atoms with Crippen molar-refractivity contribution >= 4 is 23.1 Å². The van der Waals surface area contributed by atoms with Gasteiger partial charge in [-0.05, 0) is 41.8 Å². The Kier molecular flexibility index (Phi) is 6.07. The van der Waals surface area contributed by atoms with E-state index in [1.165, 1.54) is 5.56 Å². The third-order valence-corrected chi connectivity index (χ3v) is 4.29. The maximum absolute atomic E-state index is 10.1. The lowest BCUT2D eigenvalue weighted by molar-refractivity contribution is 0.112. The SMILES string of the molecule is CC(C)c1cc2cccnc2nc1-c1ccccc1.Nc1ncccc1C=O. The highest BCUT2D eigenvalue weighted by Crippen LogP contribution is 2.29. The molecule has 1 aromatic carbocycles. The number of nitrogens with zero attached hydrogens (tertiary/aromatic N) is 3. The van der Waals surface area contributed by atoms with Crippen molar-refractivity contribution < 1.29 is 4.79 Å². The van der Waals surface area contributed by atoms with E-state index in [-0.39, 0.29) is 5.82 Å². The lowest BCUT2D eigenvalue weighted by atomic mass is 9.96. The monoisotopic (exact) mass is 370 g/mol. The molecule has 0 saturated heterocycles. The molecule has 4 rings (SSSR count). The van der Waals surface area contributed by atoms with Gasteiger partial charge in [-0.3, -0.25) is 4.79 Å². The maximum Gasteiger partial charge on any atom is 0.159 e. The zero-order chi connectivity index (χ0) is 19.9. The average Bonchev–Trinajstić information content (AvgIpc) is 2.74. The number of rotatable bonds is 3. The maximum atomic E-state index is 10.1. The van der Waals surface area contributed by atoms with Crippen LogP contribution in [0.3, 0.4) is 0 Å². The molecule has 0 radical (unpaired) electrons. The number of aldehydes is 1. The summed E-state index contributed by atoms with van der Waals surface area (Å²) in [6.07, 6.45) is 4.02. The molecule has 0 amide bonds. The zero-order valence-electron chi connectivity index (χ0n) is 15.9. The second-order valence-corrected chi connectivity index (χ2v) is 6.59. The fraction of sp³-hybridized carbons (Fsp3) is 0.130. The van der Waals surface area contributed by atoms with Crippen LogP contribution in [0.1, 0.15) is 35.7 Å². The highest BCUT2D eigenvalue weighted by molar-refractivity contribution is 5.81. The minimum absolute atomic E-state index is 0.285. The van der Waals surface area contributed by atoms with E-state index in [0.717, 1.165) is 22.3 Å². The summed E-state index contributed by atoms with van der Waals surface area (Å²) in [5.41, 5.74) is 10.0. The summed E-state index contributed by atoms with van der Waals surface area (Å²) < 4.78 is 0. The first kappa shape index (κ1) is 19.2. The number of anilines is 1. The van der Waals surface area contributed by atoms with E-state index in [0.29, 0.717) is 17.8 Å². The minimum atomic E-state index is 0.285. The van der Waals surface area contributed by atoms with Crippen LogP contribution in [0.2, 0.25) is 0 Å². The van der Waals surface area contributed by atoms with Crippen molar-refractivity contribution in [3.8, 4) is 11.3 Å². The van der Waals surface area contributed by atoms with Crippen molar-refractivity contribution in [2.75, 3.05) is 5.73 Å². The molecule has 140 valence electrons.